The van der Waals surface area contributed by atoms with Crippen molar-refractivity contribution in [1.82, 2.24) is 4.57 Å². The van der Waals surface area contributed by atoms with Gasteiger partial charge in [0.1, 0.15) is 0 Å². The topological polar surface area (TPSA) is 72.4 Å². The van der Waals surface area contributed by atoms with Crippen LogP contribution in [0.5, 0.6) is 0 Å². The number of hydrogen-bond donors (Lipinski definition) is 1. The Hall–Kier alpha value is -0.970. The molecule has 1 aromatic heterocycles. The van der Waals surface area contributed by atoms with Crippen molar-refractivity contribution in [1.29, 1.82) is 0 Å². The fourth-order valence-corrected chi connectivity index (χ4v) is 6.51. The summed E-state index contributed by atoms with van der Waals surface area (Å²) in [5.74, 6) is -0.0677. The molecule has 0 aliphatic carbocycles. The van der Waals surface area contributed by atoms with Crippen LogP contribution in [0.1, 0.15) is 12.8 Å². The Bertz CT molecular complexity index is 688. The maximum absolute atomic E-state index is 11.9. The quantitative estimate of drug-likeness (QED) is 0.386. The van der Waals surface area contributed by atoms with Crippen LogP contribution in [-0.4, -0.2) is 22.2 Å². The molecule has 6 nitrogen and oxygen atoms in total. The first-order valence-corrected chi connectivity index (χ1v) is 11.3. The molecular formula is C14H20IN2O4S+. The van der Waals surface area contributed by atoms with Gasteiger partial charge in [-0.3, -0.25) is 0 Å². The molecule has 22 heavy (non-hydrogen) atoms. The van der Waals surface area contributed by atoms with Crippen molar-refractivity contribution in [3.05, 3.63) is 52.6 Å². The van der Waals surface area contributed by atoms with E-state index in [-0.39, 0.29) is 5.75 Å². The van der Waals surface area contributed by atoms with Gasteiger partial charge in [0.2, 0.25) is 0 Å². The molecule has 0 radical (unpaired) electrons. The first kappa shape index (κ1) is 17.4. The number of hydrogen-bond acceptors (Lipinski definition) is 4. The molecule has 0 amide bonds. The van der Waals surface area contributed by atoms with E-state index in [2.05, 4.69) is 0 Å². The van der Waals surface area contributed by atoms with Gasteiger partial charge in [0.25, 0.3) is 0 Å². The number of nitrogens with zero attached hydrogens (tertiary/aromatic N) is 2. The minimum atomic E-state index is -3.67. The fraction of sp³-hybridized carbons (Fsp3) is 0.357. The summed E-state index contributed by atoms with van der Waals surface area (Å²) >= 11 is -3.07. The van der Waals surface area contributed by atoms with Gasteiger partial charge in [-0.15, -0.1) is 0 Å². The van der Waals surface area contributed by atoms with Crippen LogP contribution in [0.25, 0.3) is 0 Å². The normalized spacial score (nSPS) is 12.4. The molecule has 0 spiro atoms. The summed E-state index contributed by atoms with van der Waals surface area (Å²) in [6.45, 7) is 0.760. The van der Waals surface area contributed by atoms with Crippen LogP contribution in [0, 0.1) is 3.57 Å². The Kier molecular flexibility index (Phi) is 6.36. The summed E-state index contributed by atoms with van der Waals surface area (Å²) in [4.78, 5) is 0. The van der Waals surface area contributed by atoms with E-state index in [0.717, 1.165) is 13.0 Å². The molecule has 0 saturated heterocycles. The summed E-state index contributed by atoms with van der Waals surface area (Å²) in [7, 11) is -1.74. The molecule has 0 saturated carbocycles. The zero-order valence-corrected chi connectivity index (χ0v) is 15.3. The van der Waals surface area contributed by atoms with E-state index in [9.17, 15) is 11.9 Å². The average Bonchev–Trinajstić information content (AvgIpc) is 2.90. The molecule has 0 aliphatic heterocycles. The fourth-order valence-electron chi connectivity index (χ4n) is 1.89. The second kappa shape index (κ2) is 8.04. The van der Waals surface area contributed by atoms with Gasteiger partial charge in [-0.05, 0) is 0 Å². The van der Waals surface area contributed by atoms with Crippen LogP contribution in [-0.2, 0) is 26.2 Å². The molecule has 2 rings (SSSR count). The molecule has 0 bridgehead atoms. The summed E-state index contributed by atoms with van der Waals surface area (Å²) in [5.41, 5.74) is 0. The number of rotatable bonds is 8. The zero-order valence-electron chi connectivity index (χ0n) is 12.3. The summed E-state index contributed by atoms with van der Waals surface area (Å²) in [6.07, 6.45) is 7.06. The van der Waals surface area contributed by atoms with E-state index >= 15 is 0 Å². The van der Waals surface area contributed by atoms with Crippen LogP contribution < -0.4 is 4.57 Å². The Morgan fingerprint density at radius 3 is 2.64 bits per heavy atom. The Morgan fingerprint density at radius 2 is 2.00 bits per heavy atom. The van der Waals surface area contributed by atoms with Crippen molar-refractivity contribution in [3.8, 4) is 0 Å². The van der Waals surface area contributed by atoms with Crippen molar-refractivity contribution >= 4 is 30.8 Å². The molecule has 1 aromatic carbocycles. The minimum absolute atomic E-state index is 0.0677. The maximum atomic E-state index is 11.9. The van der Waals surface area contributed by atoms with Gasteiger partial charge in [0, 0.05) is 0 Å². The number of aryl methyl sites for hydroxylation is 2. The number of aromatic nitrogens is 2. The van der Waals surface area contributed by atoms with Gasteiger partial charge in [0.15, 0.2) is 0 Å². The van der Waals surface area contributed by atoms with Crippen LogP contribution >= 0.6 is 20.6 Å². The van der Waals surface area contributed by atoms with Crippen LogP contribution in [0.3, 0.4) is 0 Å². The monoisotopic (exact) mass is 439 g/mol. The third-order valence-corrected chi connectivity index (χ3v) is 8.51. The summed E-state index contributed by atoms with van der Waals surface area (Å²) < 4.78 is 43.2. The summed E-state index contributed by atoms with van der Waals surface area (Å²) in [6, 6.07) is 8.69. The Balaban J connectivity index is 1.76. The number of halogens is 1. The molecule has 0 unspecified atom stereocenters. The van der Waals surface area contributed by atoms with E-state index in [0.29, 0.717) is 9.99 Å². The third kappa shape index (κ3) is 5.67. The molecule has 1 heterocycles. The van der Waals surface area contributed by atoms with E-state index in [1.54, 1.807) is 24.3 Å². The summed E-state index contributed by atoms with van der Waals surface area (Å²) in [5, 5.41) is 0. The first-order chi connectivity index (χ1) is 10.5. The van der Waals surface area contributed by atoms with E-state index < -0.39 is 30.8 Å². The van der Waals surface area contributed by atoms with Crippen LogP contribution in [0.15, 0.2) is 49.1 Å². The van der Waals surface area contributed by atoms with Gasteiger partial charge >= 0.3 is 139 Å². The molecule has 0 atom stereocenters. The van der Waals surface area contributed by atoms with Crippen molar-refractivity contribution in [2.75, 3.05) is 5.75 Å². The predicted molar refractivity (Wildman–Crippen MR) is 91.1 cm³/mol. The standard InChI is InChI=1S/C14H20IN2O4S/c1-16-10-11-17(13-16)9-5-6-12-22(19,20)21-15(18)14-7-3-2-4-8-14/h2-4,7-8,10-11,13,18H,5-6,9,12H2,1H3/q+1. The van der Waals surface area contributed by atoms with E-state index in [4.69, 9.17) is 2.51 Å². The SMILES string of the molecule is C[n+]1ccn(CCCCS(=O)(=O)OI(O)c2ccccc2)c1. The van der Waals surface area contributed by atoms with E-state index in [1.165, 1.54) is 0 Å². The molecule has 1 N–H and O–H groups in total. The van der Waals surface area contributed by atoms with Crippen LogP contribution in [0.4, 0.5) is 0 Å². The molecule has 0 fully saturated rings. The van der Waals surface area contributed by atoms with Gasteiger partial charge in [0.05, 0.1) is 0 Å². The van der Waals surface area contributed by atoms with E-state index in [1.807, 2.05) is 41.0 Å². The molecule has 0 aliphatic rings. The van der Waals surface area contributed by atoms with Crippen molar-refractivity contribution in [2.45, 2.75) is 19.4 Å². The van der Waals surface area contributed by atoms with Crippen molar-refractivity contribution in [3.63, 3.8) is 0 Å². The zero-order chi connectivity index (χ0) is 16.0. The third-order valence-electron chi connectivity index (χ3n) is 2.96. The predicted octanol–water partition coefficient (Wildman–Crippen LogP) is 1.64. The van der Waals surface area contributed by atoms with Gasteiger partial charge in [-0.1, -0.05) is 0 Å². The van der Waals surface area contributed by atoms with Crippen molar-refractivity contribution in [2.24, 2.45) is 7.05 Å². The average molecular weight is 439 g/mol. The Labute approximate surface area is 139 Å². The molecule has 122 valence electrons. The second-order valence-electron chi connectivity index (χ2n) is 4.88. The van der Waals surface area contributed by atoms with Gasteiger partial charge in [-0.2, -0.15) is 0 Å². The molecule has 2 aromatic rings. The molecule has 8 heteroatoms. The molecular weight excluding hydrogens is 419 g/mol. The number of benzene rings is 1. The van der Waals surface area contributed by atoms with Crippen LogP contribution in [0.2, 0.25) is 0 Å². The Morgan fingerprint density at radius 1 is 1.27 bits per heavy atom. The number of imidazole rings is 1. The number of unbranched alkanes of at least 4 members (excludes halogenated alkanes) is 1. The van der Waals surface area contributed by atoms with Gasteiger partial charge < -0.3 is 0 Å². The van der Waals surface area contributed by atoms with Gasteiger partial charge in [-0.25, -0.2) is 0 Å². The first-order valence-electron chi connectivity index (χ1n) is 6.84. The van der Waals surface area contributed by atoms with Crippen molar-refractivity contribution < 1.29 is 18.9 Å². The second-order valence-corrected chi connectivity index (χ2v) is 10.2.